The molecule has 1 fully saturated rings. The summed E-state index contributed by atoms with van der Waals surface area (Å²) in [6.07, 6.45) is 0. The van der Waals surface area contributed by atoms with E-state index in [1.165, 1.54) is 17.5 Å². The predicted octanol–water partition coefficient (Wildman–Crippen LogP) is 2.49. The second-order valence-electron chi connectivity index (χ2n) is 8.46. The molecule has 2 aromatic carbocycles. The van der Waals surface area contributed by atoms with Crippen molar-refractivity contribution in [1.29, 1.82) is 0 Å². The maximum absolute atomic E-state index is 13.0. The molecule has 3 aromatic rings. The van der Waals surface area contributed by atoms with Gasteiger partial charge in [-0.25, -0.2) is 13.4 Å². The summed E-state index contributed by atoms with van der Waals surface area (Å²) in [6.45, 7) is 5.19. The fraction of sp³-hybridized carbons (Fsp3) is 0.364. The lowest BCUT2D eigenvalue weighted by Crippen LogP contribution is -2.40. The molecular formula is C22H24N4O5S. The zero-order valence-electron chi connectivity index (χ0n) is 18.1. The zero-order valence-corrected chi connectivity index (χ0v) is 18.9. The summed E-state index contributed by atoms with van der Waals surface area (Å²) in [4.78, 5) is 20.3. The third-order valence-electron chi connectivity index (χ3n) is 6.15. The van der Waals surface area contributed by atoms with E-state index in [4.69, 9.17) is 9.47 Å². The van der Waals surface area contributed by atoms with Gasteiger partial charge >= 0.3 is 0 Å². The Kier molecular flexibility index (Phi) is 4.77. The van der Waals surface area contributed by atoms with E-state index in [2.05, 4.69) is 15.3 Å². The van der Waals surface area contributed by atoms with Gasteiger partial charge in [0, 0.05) is 24.8 Å². The first-order valence-corrected chi connectivity index (χ1v) is 11.8. The summed E-state index contributed by atoms with van der Waals surface area (Å²) < 4.78 is 38.2. The van der Waals surface area contributed by atoms with Crippen LogP contribution in [0, 0.1) is 0 Å². The number of fused-ring (bicyclic) bond motifs is 2. The molecule has 5 rings (SSSR count). The Labute approximate surface area is 185 Å². The van der Waals surface area contributed by atoms with Crippen molar-refractivity contribution in [3.05, 3.63) is 35.9 Å². The van der Waals surface area contributed by atoms with Crippen LogP contribution in [0.5, 0.6) is 5.75 Å². The molecule has 10 heteroatoms. The van der Waals surface area contributed by atoms with E-state index in [1.54, 1.807) is 12.1 Å². The topological polar surface area (TPSA) is 114 Å². The van der Waals surface area contributed by atoms with Gasteiger partial charge in [0.05, 0.1) is 47.2 Å². The summed E-state index contributed by atoms with van der Waals surface area (Å²) in [6, 6.07) is 8.57. The Morgan fingerprint density at radius 1 is 1.16 bits per heavy atom. The Morgan fingerprint density at radius 3 is 2.62 bits per heavy atom. The Bertz CT molecular complexity index is 1340. The van der Waals surface area contributed by atoms with E-state index in [0.717, 1.165) is 16.8 Å². The third kappa shape index (κ3) is 3.17. The molecule has 2 aliphatic heterocycles. The number of rotatable bonds is 4. The first kappa shape index (κ1) is 20.9. The zero-order chi connectivity index (χ0) is 22.7. The molecule has 3 heterocycles. The van der Waals surface area contributed by atoms with Gasteiger partial charge in [-0.05, 0) is 43.7 Å². The molecule has 168 valence electrons. The van der Waals surface area contributed by atoms with Crippen LogP contribution in [0.2, 0.25) is 0 Å². The highest BCUT2D eigenvalue weighted by molar-refractivity contribution is 7.89. The van der Waals surface area contributed by atoms with Crippen LogP contribution < -0.4 is 10.1 Å². The number of amides is 1. The van der Waals surface area contributed by atoms with Crippen molar-refractivity contribution in [1.82, 2.24) is 14.3 Å². The monoisotopic (exact) mass is 456 g/mol. The number of morpholine rings is 1. The number of carbonyl (C=O) groups is 1. The number of sulfonamides is 1. The number of anilines is 1. The average Bonchev–Trinajstić information content (AvgIpc) is 3.30. The second-order valence-corrected chi connectivity index (χ2v) is 10.4. The van der Waals surface area contributed by atoms with E-state index in [9.17, 15) is 13.2 Å². The van der Waals surface area contributed by atoms with Gasteiger partial charge in [-0.15, -0.1) is 0 Å². The number of benzene rings is 2. The van der Waals surface area contributed by atoms with Crippen LogP contribution in [0.25, 0.3) is 22.4 Å². The molecule has 2 N–H and O–H groups in total. The minimum Gasteiger partial charge on any atom is -0.496 e. The van der Waals surface area contributed by atoms with E-state index in [-0.39, 0.29) is 10.8 Å². The molecule has 1 amide bonds. The second kappa shape index (κ2) is 7.29. The lowest BCUT2D eigenvalue weighted by Gasteiger charge is -2.26. The van der Waals surface area contributed by atoms with Crippen LogP contribution in [-0.4, -0.2) is 62.0 Å². The lowest BCUT2D eigenvalue weighted by molar-refractivity contribution is -0.119. The van der Waals surface area contributed by atoms with E-state index < -0.39 is 15.4 Å². The van der Waals surface area contributed by atoms with Crippen molar-refractivity contribution in [2.75, 3.05) is 38.7 Å². The molecule has 0 unspecified atom stereocenters. The Hall–Kier alpha value is -2.95. The van der Waals surface area contributed by atoms with E-state index in [0.29, 0.717) is 49.0 Å². The van der Waals surface area contributed by atoms with Gasteiger partial charge in [-0.1, -0.05) is 0 Å². The number of imidazole rings is 1. The molecule has 1 aromatic heterocycles. The molecule has 0 spiro atoms. The number of H-pyrrole nitrogens is 1. The number of ether oxygens (including phenoxy) is 2. The average molecular weight is 457 g/mol. The maximum Gasteiger partial charge on any atom is 0.243 e. The molecule has 2 aliphatic rings. The molecule has 9 nitrogen and oxygen atoms in total. The molecule has 0 radical (unpaired) electrons. The van der Waals surface area contributed by atoms with E-state index >= 15 is 0 Å². The van der Waals surface area contributed by atoms with Crippen LogP contribution >= 0.6 is 0 Å². The van der Waals surface area contributed by atoms with Crippen LogP contribution in [-0.2, 0) is 25.0 Å². The fourth-order valence-electron chi connectivity index (χ4n) is 4.17. The normalized spacial score (nSPS) is 18.5. The smallest absolute Gasteiger partial charge is 0.243 e. The minimum atomic E-state index is -3.64. The predicted molar refractivity (Wildman–Crippen MR) is 119 cm³/mol. The van der Waals surface area contributed by atoms with Gasteiger partial charge in [0.2, 0.25) is 15.9 Å². The number of nitrogens with zero attached hydrogens (tertiary/aromatic N) is 2. The highest BCUT2D eigenvalue weighted by Crippen LogP contribution is 2.40. The summed E-state index contributed by atoms with van der Waals surface area (Å²) in [5, 5.41) is 2.91. The van der Waals surface area contributed by atoms with Gasteiger partial charge in [0.15, 0.2) is 0 Å². The molecule has 32 heavy (non-hydrogen) atoms. The van der Waals surface area contributed by atoms with Gasteiger partial charge in [-0.3, -0.25) is 4.79 Å². The van der Waals surface area contributed by atoms with Crippen molar-refractivity contribution in [3.63, 3.8) is 0 Å². The molecule has 0 atom stereocenters. The van der Waals surface area contributed by atoms with Crippen molar-refractivity contribution in [2.24, 2.45) is 0 Å². The van der Waals surface area contributed by atoms with Crippen molar-refractivity contribution < 1.29 is 22.7 Å². The summed E-state index contributed by atoms with van der Waals surface area (Å²) in [7, 11) is -2.14. The molecule has 0 aliphatic carbocycles. The van der Waals surface area contributed by atoms with E-state index in [1.807, 2.05) is 26.0 Å². The van der Waals surface area contributed by atoms with Crippen LogP contribution in [0.15, 0.2) is 35.2 Å². The van der Waals surface area contributed by atoms with Gasteiger partial charge < -0.3 is 19.8 Å². The first-order valence-electron chi connectivity index (χ1n) is 10.3. The standard InChI is InChI=1S/C22H24N4O5S/c1-22(2)15-11-17-18(12-16(15)25-21(22)27)24-20(23-17)14-5-4-13(10-19(14)30-3)32(28,29)26-6-8-31-9-7-26/h4-5,10-12H,6-9H2,1-3H3,(H,23,24)(H,25,27). The fourth-order valence-corrected chi connectivity index (χ4v) is 5.59. The van der Waals surface area contributed by atoms with Gasteiger partial charge in [0.1, 0.15) is 11.6 Å². The maximum atomic E-state index is 13.0. The highest BCUT2D eigenvalue weighted by atomic mass is 32.2. The molecule has 1 saturated heterocycles. The van der Waals surface area contributed by atoms with Crippen molar-refractivity contribution in [2.45, 2.75) is 24.2 Å². The summed E-state index contributed by atoms with van der Waals surface area (Å²) in [5.41, 5.74) is 3.17. The summed E-state index contributed by atoms with van der Waals surface area (Å²) >= 11 is 0. The number of nitrogens with one attached hydrogen (secondary N) is 2. The molecule has 0 saturated carbocycles. The first-order chi connectivity index (χ1) is 15.2. The van der Waals surface area contributed by atoms with Crippen LogP contribution in [0.3, 0.4) is 0 Å². The van der Waals surface area contributed by atoms with Gasteiger partial charge in [-0.2, -0.15) is 4.31 Å². The number of hydrogen-bond donors (Lipinski definition) is 2. The SMILES string of the molecule is COc1cc(S(=O)(=O)N2CCOCC2)ccc1-c1nc2cc3c(cc2[nH]1)C(C)(C)C(=O)N3. The number of aromatic nitrogens is 2. The van der Waals surface area contributed by atoms with Crippen molar-refractivity contribution in [3.8, 4) is 17.1 Å². The quantitative estimate of drug-likeness (QED) is 0.624. The minimum absolute atomic E-state index is 0.0425. The molecular weight excluding hydrogens is 432 g/mol. The Balaban J connectivity index is 1.54. The number of methoxy groups -OCH3 is 1. The largest absolute Gasteiger partial charge is 0.496 e. The number of carbonyl (C=O) groups excluding carboxylic acids is 1. The van der Waals surface area contributed by atoms with Crippen LogP contribution in [0.4, 0.5) is 5.69 Å². The lowest BCUT2D eigenvalue weighted by atomic mass is 9.86. The number of hydrogen-bond acceptors (Lipinski definition) is 6. The number of aromatic amines is 1. The van der Waals surface area contributed by atoms with Gasteiger partial charge in [0.25, 0.3) is 0 Å². The van der Waals surface area contributed by atoms with Crippen LogP contribution in [0.1, 0.15) is 19.4 Å². The highest BCUT2D eigenvalue weighted by Gasteiger charge is 2.38. The summed E-state index contributed by atoms with van der Waals surface area (Å²) in [5.74, 6) is 0.915. The van der Waals surface area contributed by atoms with Crippen molar-refractivity contribution >= 4 is 32.7 Å². The molecule has 0 bridgehead atoms. The third-order valence-corrected chi connectivity index (χ3v) is 8.04. The Morgan fingerprint density at radius 2 is 1.91 bits per heavy atom.